The van der Waals surface area contributed by atoms with Gasteiger partial charge in [0.2, 0.25) is 5.91 Å². The van der Waals surface area contributed by atoms with Gasteiger partial charge in [0.15, 0.2) is 0 Å². The van der Waals surface area contributed by atoms with Gasteiger partial charge >= 0.3 is 0 Å². The molecule has 2 rings (SSSR count). The zero-order valence-electron chi connectivity index (χ0n) is 13.8. The number of hydrogen-bond acceptors (Lipinski definition) is 3. The number of amides is 1. The van der Waals surface area contributed by atoms with Crippen molar-refractivity contribution in [1.82, 2.24) is 5.32 Å². The molecule has 0 bridgehead atoms. The maximum atomic E-state index is 12.4. The number of nitrogens with one attached hydrogen (secondary N) is 1. The van der Waals surface area contributed by atoms with Gasteiger partial charge in [-0.05, 0) is 38.7 Å². The smallest absolute Gasteiger partial charge is 0.228 e. The maximum absolute atomic E-state index is 12.4. The van der Waals surface area contributed by atoms with Crippen LogP contribution >= 0.6 is 0 Å². The summed E-state index contributed by atoms with van der Waals surface area (Å²) in [6, 6.07) is 10.2. The first kappa shape index (κ1) is 17.0. The lowest BCUT2D eigenvalue weighted by molar-refractivity contribution is -0.133. The normalized spacial score (nSPS) is 21.8. The molecule has 4 heteroatoms. The van der Waals surface area contributed by atoms with Crippen molar-refractivity contribution in [2.75, 3.05) is 13.7 Å². The summed E-state index contributed by atoms with van der Waals surface area (Å²) >= 11 is 0. The Labute approximate surface area is 133 Å². The van der Waals surface area contributed by atoms with Gasteiger partial charge in [0.1, 0.15) is 0 Å². The van der Waals surface area contributed by atoms with Gasteiger partial charge in [-0.25, -0.2) is 0 Å². The SMILES string of the molecule is CO[C@H]1CC[C@@H](NC(=O)C(C)(C)COCc2ccccc2)C1. The van der Waals surface area contributed by atoms with E-state index in [2.05, 4.69) is 5.32 Å². The van der Waals surface area contributed by atoms with Gasteiger partial charge in [0.05, 0.1) is 24.7 Å². The molecule has 2 atom stereocenters. The highest BCUT2D eigenvalue weighted by Gasteiger charge is 2.32. The maximum Gasteiger partial charge on any atom is 0.228 e. The number of rotatable bonds is 7. The highest BCUT2D eigenvalue weighted by molar-refractivity contribution is 5.82. The summed E-state index contributed by atoms with van der Waals surface area (Å²) < 4.78 is 11.1. The fraction of sp³-hybridized carbons (Fsp3) is 0.611. The number of ether oxygens (including phenoxy) is 2. The summed E-state index contributed by atoms with van der Waals surface area (Å²) in [5.74, 6) is 0.0577. The Morgan fingerprint density at radius 2 is 2.00 bits per heavy atom. The first-order chi connectivity index (χ1) is 10.5. The summed E-state index contributed by atoms with van der Waals surface area (Å²) in [6.07, 6.45) is 3.20. The molecule has 122 valence electrons. The van der Waals surface area contributed by atoms with Crippen LogP contribution in [0.2, 0.25) is 0 Å². The molecular formula is C18H27NO3. The number of hydrogen-bond donors (Lipinski definition) is 1. The minimum atomic E-state index is -0.528. The first-order valence-electron chi connectivity index (χ1n) is 7.96. The minimum absolute atomic E-state index is 0.0577. The Bertz CT molecular complexity index is 472. The van der Waals surface area contributed by atoms with Gasteiger partial charge in [-0.1, -0.05) is 30.3 Å². The highest BCUT2D eigenvalue weighted by atomic mass is 16.5. The lowest BCUT2D eigenvalue weighted by Gasteiger charge is -2.25. The van der Waals surface area contributed by atoms with Crippen LogP contribution in [0.3, 0.4) is 0 Å². The Morgan fingerprint density at radius 1 is 1.27 bits per heavy atom. The van der Waals surface area contributed by atoms with Crippen molar-refractivity contribution >= 4 is 5.91 Å². The van der Waals surface area contributed by atoms with Crippen molar-refractivity contribution in [2.45, 2.75) is 51.9 Å². The quantitative estimate of drug-likeness (QED) is 0.842. The van der Waals surface area contributed by atoms with Crippen LogP contribution in [0, 0.1) is 5.41 Å². The van der Waals surface area contributed by atoms with Gasteiger partial charge < -0.3 is 14.8 Å². The zero-order valence-corrected chi connectivity index (χ0v) is 13.8. The molecular weight excluding hydrogens is 278 g/mol. The molecule has 0 spiro atoms. The summed E-state index contributed by atoms with van der Waals surface area (Å²) in [5, 5.41) is 3.13. The molecule has 0 saturated heterocycles. The van der Waals surface area contributed by atoms with Crippen LogP contribution in [0.25, 0.3) is 0 Å². The molecule has 0 radical (unpaired) electrons. The summed E-state index contributed by atoms with van der Waals surface area (Å²) in [6.45, 7) is 4.80. The van der Waals surface area contributed by atoms with Gasteiger partial charge in [-0.3, -0.25) is 4.79 Å². The molecule has 0 heterocycles. The summed E-state index contributed by atoms with van der Waals surface area (Å²) in [5.41, 5.74) is 0.595. The molecule has 1 aromatic rings. The highest BCUT2D eigenvalue weighted by Crippen LogP contribution is 2.24. The van der Waals surface area contributed by atoms with Crippen molar-refractivity contribution in [3.8, 4) is 0 Å². The third-order valence-corrected chi connectivity index (χ3v) is 4.24. The van der Waals surface area contributed by atoms with Gasteiger partial charge in [-0.15, -0.1) is 0 Å². The van der Waals surface area contributed by atoms with E-state index in [9.17, 15) is 4.79 Å². The molecule has 1 aliphatic carbocycles. The van der Waals surface area contributed by atoms with Crippen LogP contribution in [-0.4, -0.2) is 31.8 Å². The molecule has 0 unspecified atom stereocenters. The second-order valence-electron chi connectivity index (χ2n) is 6.70. The van der Waals surface area contributed by atoms with Crippen LogP contribution in [0.4, 0.5) is 0 Å². The average molecular weight is 305 g/mol. The number of carbonyl (C=O) groups excluding carboxylic acids is 1. The van der Waals surface area contributed by atoms with Crippen molar-refractivity contribution < 1.29 is 14.3 Å². The van der Waals surface area contributed by atoms with E-state index in [1.807, 2.05) is 44.2 Å². The van der Waals surface area contributed by atoms with Crippen molar-refractivity contribution in [3.63, 3.8) is 0 Å². The van der Waals surface area contributed by atoms with E-state index in [-0.39, 0.29) is 18.1 Å². The number of methoxy groups -OCH3 is 1. The summed E-state index contributed by atoms with van der Waals surface area (Å²) in [4.78, 5) is 12.4. The molecule has 1 N–H and O–H groups in total. The lowest BCUT2D eigenvalue weighted by Crippen LogP contribution is -2.44. The van der Waals surface area contributed by atoms with Gasteiger partial charge in [0, 0.05) is 13.2 Å². The van der Waals surface area contributed by atoms with E-state index in [1.165, 1.54) is 0 Å². The van der Waals surface area contributed by atoms with Crippen LogP contribution < -0.4 is 5.32 Å². The van der Waals surface area contributed by atoms with Gasteiger partial charge in [0.25, 0.3) is 0 Å². The topological polar surface area (TPSA) is 47.6 Å². The van der Waals surface area contributed by atoms with E-state index in [1.54, 1.807) is 7.11 Å². The fourth-order valence-corrected chi connectivity index (χ4v) is 2.73. The largest absolute Gasteiger partial charge is 0.381 e. The second kappa shape index (κ2) is 7.75. The molecule has 1 aliphatic rings. The third-order valence-electron chi connectivity index (χ3n) is 4.24. The Hall–Kier alpha value is -1.39. The number of benzene rings is 1. The van der Waals surface area contributed by atoms with Crippen LogP contribution in [0.1, 0.15) is 38.7 Å². The molecule has 22 heavy (non-hydrogen) atoms. The standard InChI is InChI=1S/C18H27NO3/c1-18(2,13-22-12-14-7-5-4-6-8-14)17(20)19-15-9-10-16(11-15)21-3/h4-8,15-16H,9-13H2,1-3H3,(H,19,20)/t15-,16+/m1/s1. The van der Waals surface area contributed by atoms with E-state index in [0.29, 0.717) is 13.2 Å². The van der Waals surface area contributed by atoms with Gasteiger partial charge in [-0.2, -0.15) is 0 Å². The van der Waals surface area contributed by atoms with Crippen molar-refractivity contribution in [1.29, 1.82) is 0 Å². The third kappa shape index (κ3) is 4.82. The molecule has 1 amide bonds. The average Bonchev–Trinajstić information content (AvgIpc) is 2.96. The number of carbonyl (C=O) groups is 1. The Kier molecular flexibility index (Phi) is 5.98. The van der Waals surface area contributed by atoms with E-state index in [0.717, 1.165) is 24.8 Å². The molecule has 4 nitrogen and oxygen atoms in total. The van der Waals surface area contributed by atoms with Crippen LogP contribution in [0.15, 0.2) is 30.3 Å². The zero-order chi connectivity index (χ0) is 16.0. The monoisotopic (exact) mass is 305 g/mol. The van der Waals surface area contributed by atoms with E-state index in [4.69, 9.17) is 9.47 Å². The minimum Gasteiger partial charge on any atom is -0.381 e. The van der Waals surface area contributed by atoms with Crippen LogP contribution in [0.5, 0.6) is 0 Å². The van der Waals surface area contributed by atoms with Crippen LogP contribution in [-0.2, 0) is 20.9 Å². The Morgan fingerprint density at radius 3 is 2.64 bits per heavy atom. The predicted octanol–water partition coefficient (Wildman–Crippen LogP) is 2.91. The predicted molar refractivity (Wildman–Crippen MR) is 86.5 cm³/mol. The lowest BCUT2D eigenvalue weighted by atomic mass is 9.93. The van der Waals surface area contributed by atoms with E-state index < -0.39 is 5.41 Å². The first-order valence-corrected chi connectivity index (χ1v) is 7.96. The molecule has 1 aromatic carbocycles. The molecule has 1 fully saturated rings. The fourth-order valence-electron chi connectivity index (χ4n) is 2.73. The second-order valence-corrected chi connectivity index (χ2v) is 6.70. The van der Waals surface area contributed by atoms with Crippen molar-refractivity contribution in [2.24, 2.45) is 5.41 Å². The summed E-state index contributed by atoms with van der Waals surface area (Å²) in [7, 11) is 1.73. The van der Waals surface area contributed by atoms with Crippen molar-refractivity contribution in [3.05, 3.63) is 35.9 Å². The molecule has 0 aliphatic heterocycles. The molecule has 0 aromatic heterocycles. The molecule has 1 saturated carbocycles. The Balaban J connectivity index is 1.75. The van der Waals surface area contributed by atoms with E-state index >= 15 is 0 Å².